The third-order valence-electron chi connectivity index (χ3n) is 3.87. The lowest BCUT2D eigenvalue weighted by Crippen LogP contribution is -2.38. The van der Waals surface area contributed by atoms with Gasteiger partial charge in [-0.15, -0.1) is 24.0 Å². The number of nitrogens with two attached hydrogens (primary N) is 1. The van der Waals surface area contributed by atoms with Crippen LogP contribution in [0, 0.1) is 0 Å². The molecule has 1 unspecified atom stereocenters. The van der Waals surface area contributed by atoms with E-state index in [9.17, 15) is 8.42 Å². The van der Waals surface area contributed by atoms with Crippen LogP contribution in [-0.2, 0) is 26.0 Å². The van der Waals surface area contributed by atoms with E-state index < -0.39 is 10.0 Å². The van der Waals surface area contributed by atoms with Crippen LogP contribution < -0.4 is 15.8 Å². The molecule has 1 saturated heterocycles. The van der Waals surface area contributed by atoms with E-state index in [1.807, 2.05) is 6.92 Å². The van der Waals surface area contributed by atoms with Gasteiger partial charge in [0.05, 0.1) is 24.2 Å². The summed E-state index contributed by atoms with van der Waals surface area (Å²) in [6, 6.07) is 6.41. The van der Waals surface area contributed by atoms with Crippen LogP contribution >= 0.6 is 24.0 Å². The third kappa shape index (κ3) is 9.19. The van der Waals surface area contributed by atoms with E-state index in [0.29, 0.717) is 25.7 Å². The van der Waals surface area contributed by atoms with Gasteiger partial charge in [0.2, 0.25) is 10.0 Å². The van der Waals surface area contributed by atoms with Gasteiger partial charge in [-0.25, -0.2) is 18.5 Å². The standard InChI is InChI=1S/C17H28N4O4S.HI/c1-2-19-17(20-9-3-10-25-15-8-11-24-13-15)21-12-14-4-6-16(7-5-14)26(18,22)23;/h4-7,15H,2-3,8-13H2,1H3,(H2,18,22,23)(H2,19,20,21);1H. The molecular formula is C17H29IN4O4S. The average molecular weight is 512 g/mol. The number of nitrogens with zero attached hydrogens (tertiary/aromatic N) is 1. The minimum atomic E-state index is -3.66. The SMILES string of the molecule is CCNC(=NCc1ccc(S(N)(=O)=O)cc1)NCCCOC1CCOC1.I. The van der Waals surface area contributed by atoms with Gasteiger partial charge in [-0.1, -0.05) is 12.1 Å². The molecular weight excluding hydrogens is 483 g/mol. The topological polar surface area (TPSA) is 115 Å². The number of ether oxygens (including phenoxy) is 2. The molecule has 10 heteroatoms. The lowest BCUT2D eigenvalue weighted by molar-refractivity contribution is 0.0420. The fourth-order valence-electron chi connectivity index (χ4n) is 2.47. The van der Waals surface area contributed by atoms with Crippen molar-refractivity contribution in [3.05, 3.63) is 29.8 Å². The Hall–Kier alpha value is -0.950. The number of nitrogens with one attached hydrogen (secondary N) is 2. The molecule has 1 atom stereocenters. The normalized spacial score (nSPS) is 17.4. The Kier molecular flexibility index (Phi) is 11.1. The largest absolute Gasteiger partial charge is 0.379 e. The van der Waals surface area contributed by atoms with Crippen molar-refractivity contribution >= 4 is 40.0 Å². The summed E-state index contributed by atoms with van der Waals surface area (Å²) >= 11 is 0. The van der Waals surface area contributed by atoms with Crippen molar-refractivity contribution in [3.63, 3.8) is 0 Å². The first-order valence-corrected chi connectivity index (χ1v) is 10.4. The molecule has 8 nitrogen and oxygen atoms in total. The summed E-state index contributed by atoms with van der Waals surface area (Å²) in [5.41, 5.74) is 0.902. The first kappa shape index (κ1) is 24.1. The number of benzene rings is 1. The third-order valence-corrected chi connectivity index (χ3v) is 4.80. The molecule has 1 fully saturated rings. The molecule has 4 N–H and O–H groups in total. The molecule has 0 bridgehead atoms. The maximum atomic E-state index is 11.3. The molecule has 154 valence electrons. The zero-order chi connectivity index (χ0) is 18.8. The highest BCUT2D eigenvalue weighted by Crippen LogP contribution is 2.10. The first-order valence-electron chi connectivity index (χ1n) is 8.82. The number of primary sulfonamides is 1. The fourth-order valence-corrected chi connectivity index (χ4v) is 2.99. The Labute approximate surface area is 178 Å². The van der Waals surface area contributed by atoms with E-state index >= 15 is 0 Å². The van der Waals surface area contributed by atoms with Crippen molar-refractivity contribution in [2.45, 2.75) is 37.3 Å². The number of halogens is 1. The fraction of sp³-hybridized carbons (Fsp3) is 0.588. The summed E-state index contributed by atoms with van der Waals surface area (Å²) in [7, 11) is -3.66. The minimum absolute atomic E-state index is 0. The van der Waals surface area contributed by atoms with Gasteiger partial charge in [0.15, 0.2) is 5.96 Å². The quantitative estimate of drug-likeness (QED) is 0.198. The Bertz CT molecular complexity index is 677. The molecule has 0 aromatic heterocycles. The van der Waals surface area contributed by atoms with E-state index in [4.69, 9.17) is 14.6 Å². The molecule has 1 aromatic carbocycles. The Balaban J connectivity index is 0.00000364. The molecule has 1 heterocycles. The Morgan fingerprint density at radius 3 is 2.67 bits per heavy atom. The van der Waals surface area contributed by atoms with E-state index in [-0.39, 0.29) is 35.0 Å². The van der Waals surface area contributed by atoms with Gasteiger partial charge in [0, 0.05) is 26.3 Å². The van der Waals surface area contributed by atoms with Crippen molar-refractivity contribution < 1.29 is 17.9 Å². The first-order chi connectivity index (χ1) is 12.5. The Morgan fingerprint density at radius 1 is 1.33 bits per heavy atom. The maximum Gasteiger partial charge on any atom is 0.238 e. The smallest absolute Gasteiger partial charge is 0.238 e. The molecule has 1 aromatic rings. The van der Waals surface area contributed by atoms with Crippen LogP contribution in [0.5, 0.6) is 0 Å². The summed E-state index contributed by atoms with van der Waals surface area (Å²) in [4.78, 5) is 4.60. The molecule has 0 radical (unpaired) electrons. The molecule has 1 aliphatic rings. The summed E-state index contributed by atoms with van der Waals surface area (Å²) < 4.78 is 33.5. The summed E-state index contributed by atoms with van der Waals surface area (Å²) in [6.45, 7) is 6.13. The van der Waals surface area contributed by atoms with Crippen molar-refractivity contribution in [2.24, 2.45) is 10.1 Å². The number of guanidine groups is 1. The van der Waals surface area contributed by atoms with Crippen molar-refractivity contribution in [1.29, 1.82) is 0 Å². The average Bonchev–Trinajstić information content (AvgIpc) is 3.12. The zero-order valence-corrected chi connectivity index (χ0v) is 18.7. The molecule has 27 heavy (non-hydrogen) atoms. The second-order valence-electron chi connectivity index (χ2n) is 6.02. The maximum absolute atomic E-state index is 11.3. The van der Waals surface area contributed by atoms with Gasteiger partial charge in [0.1, 0.15) is 0 Å². The van der Waals surface area contributed by atoms with Crippen LogP contribution in [0.15, 0.2) is 34.2 Å². The highest BCUT2D eigenvalue weighted by Gasteiger charge is 2.15. The molecule has 2 rings (SSSR count). The molecule has 0 saturated carbocycles. The predicted octanol–water partition coefficient (Wildman–Crippen LogP) is 1.20. The van der Waals surface area contributed by atoms with Crippen LogP contribution in [0.25, 0.3) is 0 Å². The van der Waals surface area contributed by atoms with Crippen LogP contribution in [0.1, 0.15) is 25.3 Å². The highest BCUT2D eigenvalue weighted by atomic mass is 127. The second kappa shape index (κ2) is 12.5. The van der Waals surface area contributed by atoms with Gasteiger partial charge in [-0.2, -0.15) is 0 Å². The van der Waals surface area contributed by atoms with Crippen LogP contribution in [-0.4, -0.2) is 53.4 Å². The number of aliphatic imine (C=N–C) groups is 1. The summed E-state index contributed by atoms with van der Waals surface area (Å²) in [5.74, 6) is 0.715. The Morgan fingerprint density at radius 2 is 2.07 bits per heavy atom. The van der Waals surface area contributed by atoms with E-state index in [2.05, 4.69) is 15.6 Å². The number of rotatable bonds is 9. The highest BCUT2D eigenvalue weighted by molar-refractivity contribution is 14.0. The molecule has 1 aliphatic heterocycles. The summed E-state index contributed by atoms with van der Waals surface area (Å²) in [5, 5.41) is 11.5. The van der Waals surface area contributed by atoms with Gasteiger partial charge in [-0.05, 0) is 37.5 Å². The van der Waals surface area contributed by atoms with Gasteiger partial charge < -0.3 is 20.1 Å². The molecule has 0 amide bonds. The second-order valence-corrected chi connectivity index (χ2v) is 7.58. The van der Waals surface area contributed by atoms with E-state index in [0.717, 1.165) is 38.1 Å². The van der Waals surface area contributed by atoms with Crippen molar-refractivity contribution in [2.75, 3.05) is 32.9 Å². The van der Waals surface area contributed by atoms with Crippen LogP contribution in [0.2, 0.25) is 0 Å². The van der Waals surface area contributed by atoms with E-state index in [1.165, 1.54) is 12.1 Å². The molecule has 0 spiro atoms. The van der Waals surface area contributed by atoms with Crippen molar-refractivity contribution in [3.8, 4) is 0 Å². The molecule has 0 aliphatic carbocycles. The number of hydrogen-bond acceptors (Lipinski definition) is 5. The van der Waals surface area contributed by atoms with E-state index in [1.54, 1.807) is 12.1 Å². The van der Waals surface area contributed by atoms with Crippen molar-refractivity contribution in [1.82, 2.24) is 10.6 Å². The zero-order valence-electron chi connectivity index (χ0n) is 15.5. The minimum Gasteiger partial charge on any atom is -0.379 e. The lowest BCUT2D eigenvalue weighted by Gasteiger charge is -2.13. The lowest BCUT2D eigenvalue weighted by atomic mass is 10.2. The summed E-state index contributed by atoms with van der Waals surface area (Å²) in [6.07, 6.45) is 2.09. The van der Waals surface area contributed by atoms with Crippen LogP contribution in [0.4, 0.5) is 0 Å². The number of sulfonamides is 1. The predicted molar refractivity (Wildman–Crippen MR) is 116 cm³/mol. The van der Waals surface area contributed by atoms with Crippen LogP contribution in [0.3, 0.4) is 0 Å². The van der Waals surface area contributed by atoms with Gasteiger partial charge in [-0.3, -0.25) is 0 Å². The number of hydrogen-bond donors (Lipinski definition) is 3. The monoisotopic (exact) mass is 512 g/mol. The van der Waals surface area contributed by atoms with Gasteiger partial charge in [0.25, 0.3) is 0 Å². The van der Waals surface area contributed by atoms with Gasteiger partial charge >= 0.3 is 0 Å².